The van der Waals surface area contributed by atoms with Crippen molar-refractivity contribution in [2.24, 2.45) is 11.5 Å². The van der Waals surface area contributed by atoms with E-state index in [4.69, 9.17) is 11.5 Å². The number of nitrogens with two attached hydrogens (primary N) is 2. The second kappa shape index (κ2) is 11.2. The molecule has 6 nitrogen and oxygen atoms in total. The van der Waals surface area contributed by atoms with Crippen molar-refractivity contribution in [3.8, 4) is 0 Å². The summed E-state index contributed by atoms with van der Waals surface area (Å²) in [6, 6.07) is 22.2. The average molecular weight is 419 g/mol. The molecule has 162 valence electrons. The summed E-state index contributed by atoms with van der Waals surface area (Å²) in [5, 5.41) is 7.85. The van der Waals surface area contributed by atoms with Crippen LogP contribution in [0.4, 0.5) is 5.69 Å². The van der Waals surface area contributed by atoms with E-state index < -0.39 is 12.1 Å². The highest BCUT2D eigenvalue weighted by Crippen LogP contribution is 2.19. The normalized spacial score (nSPS) is 12.8. The standard InChI is InChI=1S/C25H30N4O2/c26-16-6-11-23(29-24(30)22(27)15-12-18-7-2-1-3-8-18)25(31)28-21-14-13-19-9-4-5-10-20(19)17-21/h1-5,7-10,13-14,17,22-23H,6,11-12,15-16,26-27H2,(H,28,31)(H,29,30)/t22-,23-/m0/s1. The van der Waals surface area contributed by atoms with Crippen molar-refractivity contribution in [1.29, 1.82) is 0 Å². The monoisotopic (exact) mass is 418 g/mol. The van der Waals surface area contributed by atoms with Crippen molar-refractivity contribution in [3.63, 3.8) is 0 Å². The minimum absolute atomic E-state index is 0.271. The predicted molar refractivity (Wildman–Crippen MR) is 126 cm³/mol. The Morgan fingerprint density at radius 3 is 2.29 bits per heavy atom. The topological polar surface area (TPSA) is 110 Å². The van der Waals surface area contributed by atoms with Gasteiger partial charge < -0.3 is 22.1 Å². The molecule has 0 spiro atoms. The smallest absolute Gasteiger partial charge is 0.246 e. The van der Waals surface area contributed by atoms with Gasteiger partial charge in [0.2, 0.25) is 11.8 Å². The van der Waals surface area contributed by atoms with Gasteiger partial charge in [-0.15, -0.1) is 0 Å². The molecule has 0 saturated carbocycles. The summed E-state index contributed by atoms with van der Waals surface area (Å²) in [7, 11) is 0. The molecule has 31 heavy (non-hydrogen) atoms. The Balaban J connectivity index is 1.60. The van der Waals surface area contributed by atoms with Gasteiger partial charge in [0, 0.05) is 5.69 Å². The Bertz CT molecular complexity index is 1010. The fourth-order valence-electron chi connectivity index (χ4n) is 3.46. The van der Waals surface area contributed by atoms with Crippen LogP contribution in [-0.2, 0) is 16.0 Å². The van der Waals surface area contributed by atoms with Gasteiger partial charge in [-0.1, -0.05) is 60.7 Å². The van der Waals surface area contributed by atoms with Gasteiger partial charge in [0.25, 0.3) is 0 Å². The molecule has 3 rings (SSSR count). The Morgan fingerprint density at radius 1 is 0.839 bits per heavy atom. The molecule has 0 radical (unpaired) electrons. The van der Waals surface area contributed by atoms with E-state index in [9.17, 15) is 9.59 Å². The van der Waals surface area contributed by atoms with Crippen molar-refractivity contribution >= 4 is 28.3 Å². The zero-order valence-corrected chi connectivity index (χ0v) is 17.6. The van der Waals surface area contributed by atoms with Crippen molar-refractivity contribution in [1.82, 2.24) is 5.32 Å². The van der Waals surface area contributed by atoms with Crippen LogP contribution in [-0.4, -0.2) is 30.4 Å². The van der Waals surface area contributed by atoms with Gasteiger partial charge in [0.15, 0.2) is 0 Å². The zero-order chi connectivity index (χ0) is 22.1. The van der Waals surface area contributed by atoms with Gasteiger partial charge in [0.1, 0.15) is 6.04 Å². The number of hydrogen-bond donors (Lipinski definition) is 4. The fourth-order valence-corrected chi connectivity index (χ4v) is 3.46. The minimum atomic E-state index is -0.690. The number of nitrogens with one attached hydrogen (secondary N) is 2. The van der Waals surface area contributed by atoms with Crippen LogP contribution in [0.1, 0.15) is 24.8 Å². The van der Waals surface area contributed by atoms with E-state index in [0.29, 0.717) is 37.9 Å². The summed E-state index contributed by atoms with van der Waals surface area (Å²) in [5.41, 5.74) is 13.5. The first-order valence-electron chi connectivity index (χ1n) is 10.7. The van der Waals surface area contributed by atoms with Crippen molar-refractivity contribution < 1.29 is 9.59 Å². The first-order chi connectivity index (χ1) is 15.1. The van der Waals surface area contributed by atoms with Crippen molar-refractivity contribution in [2.45, 2.75) is 37.8 Å². The predicted octanol–water partition coefficient (Wildman–Crippen LogP) is 2.96. The molecule has 0 saturated heterocycles. The van der Waals surface area contributed by atoms with E-state index in [0.717, 1.165) is 16.3 Å². The number of carbonyl (C=O) groups is 2. The van der Waals surface area contributed by atoms with Gasteiger partial charge in [-0.2, -0.15) is 0 Å². The molecule has 3 aromatic rings. The van der Waals surface area contributed by atoms with E-state index >= 15 is 0 Å². The third kappa shape index (κ3) is 6.64. The van der Waals surface area contributed by atoms with E-state index in [1.54, 1.807) is 0 Å². The van der Waals surface area contributed by atoms with Crippen LogP contribution in [0.15, 0.2) is 72.8 Å². The van der Waals surface area contributed by atoms with E-state index in [-0.39, 0.29) is 11.8 Å². The second-order valence-corrected chi connectivity index (χ2v) is 7.67. The molecule has 0 heterocycles. The van der Waals surface area contributed by atoms with Gasteiger partial charge in [-0.25, -0.2) is 0 Å². The Hall–Kier alpha value is -3.22. The number of anilines is 1. The number of benzene rings is 3. The number of fused-ring (bicyclic) bond motifs is 1. The summed E-state index contributed by atoms with van der Waals surface area (Å²) in [6.45, 7) is 0.440. The molecule has 0 aliphatic carbocycles. The molecule has 0 aliphatic heterocycles. The van der Waals surface area contributed by atoms with Crippen LogP contribution in [0.3, 0.4) is 0 Å². The maximum absolute atomic E-state index is 12.9. The van der Waals surface area contributed by atoms with Gasteiger partial charge >= 0.3 is 0 Å². The lowest BCUT2D eigenvalue weighted by Crippen LogP contribution is -2.50. The largest absolute Gasteiger partial charge is 0.343 e. The highest BCUT2D eigenvalue weighted by molar-refractivity contribution is 5.99. The molecule has 0 unspecified atom stereocenters. The van der Waals surface area contributed by atoms with Crippen LogP contribution in [0.25, 0.3) is 10.8 Å². The second-order valence-electron chi connectivity index (χ2n) is 7.67. The molecule has 0 aromatic heterocycles. The highest BCUT2D eigenvalue weighted by Gasteiger charge is 2.23. The highest BCUT2D eigenvalue weighted by atomic mass is 16.2. The van der Waals surface area contributed by atoms with Crippen molar-refractivity contribution in [3.05, 3.63) is 78.4 Å². The molecule has 6 heteroatoms. The van der Waals surface area contributed by atoms with Crippen LogP contribution >= 0.6 is 0 Å². The van der Waals surface area contributed by atoms with Gasteiger partial charge in [-0.05, 0) is 60.7 Å². The maximum atomic E-state index is 12.9. The SMILES string of the molecule is NCCC[C@H](NC(=O)[C@@H](N)CCc1ccccc1)C(=O)Nc1ccc2ccccc2c1. The lowest BCUT2D eigenvalue weighted by molar-refractivity contribution is -0.127. The molecular formula is C25H30N4O2. The molecule has 0 fully saturated rings. The molecule has 2 atom stereocenters. The number of rotatable bonds is 10. The third-order valence-corrected chi connectivity index (χ3v) is 5.27. The third-order valence-electron chi connectivity index (χ3n) is 5.27. The lowest BCUT2D eigenvalue weighted by Gasteiger charge is -2.21. The van der Waals surface area contributed by atoms with E-state index in [2.05, 4.69) is 10.6 Å². The van der Waals surface area contributed by atoms with Gasteiger partial charge in [-0.3, -0.25) is 9.59 Å². The van der Waals surface area contributed by atoms with Crippen LogP contribution in [0.5, 0.6) is 0 Å². The molecule has 2 amide bonds. The summed E-state index contributed by atoms with van der Waals surface area (Å²) >= 11 is 0. The van der Waals surface area contributed by atoms with E-state index in [1.807, 2.05) is 72.8 Å². The first-order valence-corrected chi connectivity index (χ1v) is 10.7. The molecule has 0 bridgehead atoms. The van der Waals surface area contributed by atoms with Crippen LogP contribution < -0.4 is 22.1 Å². The lowest BCUT2D eigenvalue weighted by atomic mass is 10.0. The molecule has 0 aliphatic rings. The quantitative estimate of drug-likeness (QED) is 0.406. The Labute approximate surface area is 183 Å². The molecule has 3 aromatic carbocycles. The number of hydrogen-bond acceptors (Lipinski definition) is 4. The molecule has 6 N–H and O–H groups in total. The number of amides is 2. The zero-order valence-electron chi connectivity index (χ0n) is 17.6. The van der Waals surface area contributed by atoms with Gasteiger partial charge in [0.05, 0.1) is 6.04 Å². The van der Waals surface area contributed by atoms with Crippen molar-refractivity contribution in [2.75, 3.05) is 11.9 Å². The Morgan fingerprint density at radius 2 is 1.55 bits per heavy atom. The maximum Gasteiger partial charge on any atom is 0.246 e. The summed E-state index contributed by atoms with van der Waals surface area (Å²) in [4.78, 5) is 25.5. The van der Waals surface area contributed by atoms with E-state index in [1.165, 1.54) is 0 Å². The molecular weight excluding hydrogens is 388 g/mol. The van der Waals surface area contributed by atoms with Crippen LogP contribution in [0.2, 0.25) is 0 Å². The number of carbonyl (C=O) groups excluding carboxylic acids is 2. The average Bonchev–Trinajstić information content (AvgIpc) is 2.80. The number of aryl methyl sites for hydroxylation is 1. The summed E-state index contributed by atoms with van der Waals surface area (Å²) in [5.74, 6) is -0.598. The fraction of sp³-hybridized carbons (Fsp3) is 0.280. The van der Waals surface area contributed by atoms with Crippen LogP contribution in [0, 0.1) is 0 Å². The first kappa shape index (κ1) is 22.5. The summed E-state index contributed by atoms with van der Waals surface area (Å²) in [6.07, 6.45) is 2.28. The Kier molecular flexibility index (Phi) is 8.15. The summed E-state index contributed by atoms with van der Waals surface area (Å²) < 4.78 is 0. The minimum Gasteiger partial charge on any atom is -0.343 e.